The summed E-state index contributed by atoms with van der Waals surface area (Å²) >= 11 is 0. The molecule has 5 nitrogen and oxygen atoms in total. The predicted molar refractivity (Wildman–Crippen MR) is 74.1 cm³/mol. The number of nitrogens with one attached hydrogen (secondary N) is 1. The number of hydrogen-bond donors (Lipinski definition) is 2. The monoisotopic (exact) mass is 277 g/mol. The second kappa shape index (κ2) is 5.38. The molecule has 1 unspecified atom stereocenters. The molecule has 0 aliphatic rings. The number of aromatic nitrogens is 1. The zero-order valence-electron chi connectivity index (χ0n) is 10.4. The molecule has 1 aromatic carbocycles. The first kappa shape index (κ1) is 13.5. The fraction of sp³-hybridized carbons (Fsp3) is 0.154. The van der Waals surface area contributed by atoms with Crippen molar-refractivity contribution in [3.8, 4) is 0 Å². The van der Waals surface area contributed by atoms with E-state index in [4.69, 9.17) is 5.14 Å². The van der Waals surface area contributed by atoms with Crippen LogP contribution in [0.2, 0.25) is 0 Å². The van der Waals surface area contributed by atoms with Crippen molar-refractivity contribution in [2.24, 2.45) is 5.14 Å². The summed E-state index contributed by atoms with van der Waals surface area (Å²) in [4.78, 5) is 4.30. The minimum atomic E-state index is -3.74. The molecule has 0 saturated carbocycles. The lowest BCUT2D eigenvalue weighted by molar-refractivity contribution is 0.598. The van der Waals surface area contributed by atoms with Crippen molar-refractivity contribution in [3.05, 3.63) is 54.4 Å². The van der Waals surface area contributed by atoms with Gasteiger partial charge in [0, 0.05) is 6.20 Å². The van der Waals surface area contributed by atoms with Crippen molar-refractivity contribution in [2.75, 3.05) is 5.32 Å². The van der Waals surface area contributed by atoms with Crippen LogP contribution in [0.3, 0.4) is 0 Å². The average molecular weight is 277 g/mol. The van der Waals surface area contributed by atoms with E-state index in [9.17, 15) is 8.42 Å². The van der Waals surface area contributed by atoms with Crippen molar-refractivity contribution in [2.45, 2.75) is 17.9 Å². The molecule has 0 saturated heterocycles. The maximum atomic E-state index is 11.5. The maximum absolute atomic E-state index is 11.5. The number of primary sulfonamides is 1. The van der Waals surface area contributed by atoms with Crippen LogP contribution in [0.5, 0.6) is 0 Å². The van der Waals surface area contributed by atoms with Gasteiger partial charge in [-0.2, -0.15) is 0 Å². The summed E-state index contributed by atoms with van der Waals surface area (Å²) in [5, 5.41) is 8.30. The van der Waals surface area contributed by atoms with E-state index in [1.165, 1.54) is 6.07 Å². The minimum Gasteiger partial charge on any atom is -0.376 e. The third-order valence-corrected chi connectivity index (χ3v) is 3.67. The molecule has 3 N–H and O–H groups in total. The molecule has 1 heterocycles. The Bertz CT molecular complexity index is 657. The highest BCUT2D eigenvalue weighted by atomic mass is 32.2. The van der Waals surface area contributed by atoms with Gasteiger partial charge in [-0.1, -0.05) is 18.2 Å². The van der Waals surface area contributed by atoms with E-state index < -0.39 is 10.0 Å². The van der Waals surface area contributed by atoms with Crippen LogP contribution in [-0.4, -0.2) is 13.4 Å². The lowest BCUT2D eigenvalue weighted by Gasteiger charge is -2.16. The topological polar surface area (TPSA) is 85.1 Å². The van der Waals surface area contributed by atoms with Crippen molar-refractivity contribution in [1.82, 2.24) is 4.98 Å². The van der Waals surface area contributed by atoms with Crippen molar-refractivity contribution < 1.29 is 8.42 Å². The van der Waals surface area contributed by atoms with E-state index in [0.717, 1.165) is 5.69 Å². The minimum absolute atomic E-state index is 0.0813. The highest BCUT2D eigenvalue weighted by molar-refractivity contribution is 7.89. The van der Waals surface area contributed by atoms with Gasteiger partial charge in [-0.05, 0) is 31.2 Å². The molecule has 1 atom stereocenters. The van der Waals surface area contributed by atoms with Gasteiger partial charge in [0.05, 0.1) is 17.4 Å². The molecule has 0 fully saturated rings. The molecular weight excluding hydrogens is 262 g/mol. The molecule has 6 heteroatoms. The molecular formula is C13H15N3O2S. The molecule has 0 amide bonds. The van der Waals surface area contributed by atoms with Crippen molar-refractivity contribution >= 4 is 15.7 Å². The van der Waals surface area contributed by atoms with Gasteiger partial charge in [-0.25, -0.2) is 13.6 Å². The summed E-state index contributed by atoms with van der Waals surface area (Å²) in [6.45, 7) is 1.91. The Morgan fingerprint density at radius 3 is 2.47 bits per heavy atom. The smallest absolute Gasteiger partial charge is 0.240 e. The second-order valence-corrected chi connectivity index (χ2v) is 5.69. The van der Waals surface area contributed by atoms with Crippen LogP contribution in [0.25, 0.3) is 0 Å². The van der Waals surface area contributed by atoms with Crippen LogP contribution in [0.4, 0.5) is 5.69 Å². The fourth-order valence-corrected chi connectivity index (χ4v) is 2.48. The lowest BCUT2D eigenvalue weighted by Crippen LogP contribution is -2.16. The van der Waals surface area contributed by atoms with Gasteiger partial charge in [0.15, 0.2) is 0 Å². The predicted octanol–water partition coefficient (Wildman–Crippen LogP) is 1.90. The highest BCUT2D eigenvalue weighted by Crippen LogP contribution is 2.23. The Kier molecular flexibility index (Phi) is 3.82. The molecule has 1 aromatic heterocycles. The Balaban J connectivity index is 2.30. The van der Waals surface area contributed by atoms with E-state index in [1.54, 1.807) is 24.4 Å². The first-order valence-corrected chi connectivity index (χ1v) is 7.32. The van der Waals surface area contributed by atoms with Gasteiger partial charge in [-0.3, -0.25) is 4.98 Å². The standard InChI is InChI=1S/C13H15N3O2S/c1-10(11-6-4-5-9-15-11)16-12-7-2-3-8-13(12)19(14,17)18/h2-10,16H,1H3,(H2,14,17,18). The van der Waals surface area contributed by atoms with Crippen molar-refractivity contribution in [3.63, 3.8) is 0 Å². The Hall–Kier alpha value is -1.92. The summed E-state index contributed by atoms with van der Waals surface area (Å²) in [7, 11) is -3.74. The molecule has 0 aliphatic heterocycles. The van der Waals surface area contributed by atoms with Crippen LogP contribution < -0.4 is 10.5 Å². The number of rotatable bonds is 4. The number of nitrogens with two attached hydrogens (primary N) is 1. The summed E-state index contributed by atoms with van der Waals surface area (Å²) in [6, 6.07) is 12.0. The summed E-state index contributed by atoms with van der Waals surface area (Å²) < 4.78 is 23.0. The van der Waals surface area contributed by atoms with Crippen LogP contribution >= 0.6 is 0 Å². The average Bonchev–Trinajstić information content (AvgIpc) is 2.39. The number of anilines is 1. The zero-order chi connectivity index (χ0) is 13.9. The van der Waals surface area contributed by atoms with Crippen LogP contribution in [0.1, 0.15) is 18.7 Å². The summed E-state index contributed by atoms with van der Waals surface area (Å²) in [5.74, 6) is 0. The van der Waals surface area contributed by atoms with E-state index >= 15 is 0 Å². The van der Waals surface area contributed by atoms with Crippen LogP contribution in [0.15, 0.2) is 53.6 Å². The SMILES string of the molecule is CC(Nc1ccccc1S(N)(=O)=O)c1ccccn1. The van der Waals surface area contributed by atoms with E-state index in [1.807, 2.05) is 25.1 Å². The van der Waals surface area contributed by atoms with Gasteiger partial charge in [0.25, 0.3) is 0 Å². The number of sulfonamides is 1. The summed E-state index contributed by atoms with van der Waals surface area (Å²) in [5.41, 5.74) is 1.30. The number of para-hydroxylation sites is 1. The number of hydrogen-bond acceptors (Lipinski definition) is 4. The van der Waals surface area contributed by atoms with Crippen molar-refractivity contribution in [1.29, 1.82) is 0 Å². The second-order valence-electron chi connectivity index (χ2n) is 4.16. The quantitative estimate of drug-likeness (QED) is 0.893. The van der Waals surface area contributed by atoms with E-state index in [0.29, 0.717) is 5.69 Å². The van der Waals surface area contributed by atoms with Gasteiger partial charge in [0.1, 0.15) is 4.90 Å². The molecule has 0 radical (unpaired) electrons. The maximum Gasteiger partial charge on any atom is 0.240 e. The van der Waals surface area contributed by atoms with E-state index in [-0.39, 0.29) is 10.9 Å². The molecule has 2 aromatic rings. The first-order valence-electron chi connectivity index (χ1n) is 5.78. The first-order chi connectivity index (χ1) is 8.98. The lowest BCUT2D eigenvalue weighted by atomic mass is 10.2. The molecule has 100 valence electrons. The normalized spacial score (nSPS) is 12.9. The number of benzene rings is 1. The number of pyridine rings is 1. The molecule has 0 aliphatic carbocycles. The Morgan fingerprint density at radius 1 is 1.16 bits per heavy atom. The largest absolute Gasteiger partial charge is 0.376 e. The molecule has 2 rings (SSSR count). The summed E-state index contributed by atoms with van der Waals surface area (Å²) in [6.07, 6.45) is 1.69. The molecule has 0 bridgehead atoms. The Labute approximate surface area is 112 Å². The van der Waals surface area contributed by atoms with Gasteiger partial charge >= 0.3 is 0 Å². The third-order valence-electron chi connectivity index (χ3n) is 2.70. The molecule has 19 heavy (non-hydrogen) atoms. The van der Waals surface area contributed by atoms with Gasteiger partial charge in [-0.15, -0.1) is 0 Å². The van der Waals surface area contributed by atoms with Crippen LogP contribution in [0, 0.1) is 0 Å². The van der Waals surface area contributed by atoms with E-state index in [2.05, 4.69) is 10.3 Å². The van der Waals surface area contributed by atoms with Crippen LogP contribution in [-0.2, 0) is 10.0 Å². The van der Waals surface area contributed by atoms with Gasteiger partial charge in [0.2, 0.25) is 10.0 Å². The zero-order valence-corrected chi connectivity index (χ0v) is 11.3. The Morgan fingerprint density at radius 2 is 1.84 bits per heavy atom. The van der Waals surface area contributed by atoms with Gasteiger partial charge < -0.3 is 5.32 Å². The molecule has 0 spiro atoms. The third kappa shape index (κ3) is 3.30. The highest BCUT2D eigenvalue weighted by Gasteiger charge is 2.15. The number of nitrogens with zero attached hydrogens (tertiary/aromatic N) is 1. The fourth-order valence-electron chi connectivity index (χ4n) is 1.77.